The van der Waals surface area contributed by atoms with Crippen molar-refractivity contribution < 1.29 is 37.3 Å². The minimum Gasteiger partial charge on any atom is -0.449 e. The van der Waals surface area contributed by atoms with Crippen molar-refractivity contribution in [1.29, 1.82) is 0 Å². The van der Waals surface area contributed by atoms with E-state index < -0.39 is 33.3 Å². The molecule has 0 aromatic heterocycles. The van der Waals surface area contributed by atoms with Crippen molar-refractivity contribution >= 4 is 23.0 Å². The molecule has 0 saturated carbocycles. The number of nitro benzene ring substituents is 2. The largest absolute Gasteiger partial charge is 0.471 e. The number of halogens is 3. The molecule has 0 spiro atoms. The number of hydrogen-bond acceptors (Lipinski definition) is 7. The average molecular weight is 385 g/mol. The van der Waals surface area contributed by atoms with Crippen molar-refractivity contribution in [2.45, 2.75) is 6.18 Å². The zero-order chi connectivity index (χ0) is 19.9. The van der Waals surface area contributed by atoms with Crippen LogP contribution in [0.15, 0.2) is 30.3 Å². The molecular formula is C14H6F3N3O7. The minimum atomic E-state index is -5.27. The number of non-ortho nitro benzene ring substituents is 1. The summed E-state index contributed by atoms with van der Waals surface area (Å²) in [7, 11) is 0. The average Bonchev–Trinajstić information content (AvgIpc) is 2.57. The predicted molar refractivity (Wildman–Crippen MR) is 81.0 cm³/mol. The molecular weight excluding hydrogens is 379 g/mol. The number of benzene rings is 2. The van der Waals surface area contributed by atoms with Gasteiger partial charge in [-0.05, 0) is 6.07 Å². The maximum atomic E-state index is 12.4. The third-order valence-corrected chi connectivity index (χ3v) is 3.34. The Morgan fingerprint density at radius 2 is 1.52 bits per heavy atom. The molecule has 0 saturated heterocycles. The Balaban J connectivity index is 2.02. The van der Waals surface area contributed by atoms with Gasteiger partial charge in [0.05, 0.1) is 22.0 Å². The number of amides is 1. The first kappa shape index (κ1) is 17.9. The Morgan fingerprint density at radius 3 is 2.11 bits per heavy atom. The second-order valence-electron chi connectivity index (χ2n) is 5.12. The summed E-state index contributed by atoms with van der Waals surface area (Å²) in [4.78, 5) is 31.3. The molecule has 1 heterocycles. The van der Waals surface area contributed by atoms with Crippen LogP contribution in [-0.2, 0) is 4.79 Å². The van der Waals surface area contributed by atoms with E-state index in [9.17, 15) is 38.2 Å². The fourth-order valence-corrected chi connectivity index (χ4v) is 2.16. The Hall–Kier alpha value is -3.90. The molecule has 0 unspecified atom stereocenters. The van der Waals surface area contributed by atoms with E-state index in [1.54, 1.807) is 0 Å². The van der Waals surface area contributed by atoms with Crippen LogP contribution >= 0.6 is 0 Å². The topological polar surface area (TPSA) is 134 Å². The number of anilines is 1. The van der Waals surface area contributed by atoms with Crippen molar-refractivity contribution in [3.05, 3.63) is 50.6 Å². The van der Waals surface area contributed by atoms with Crippen LogP contribution in [0.25, 0.3) is 0 Å². The number of alkyl halides is 3. The third-order valence-electron chi connectivity index (χ3n) is 3.34. The van der Waals surface area contributed by atoms with Gasteiger partial charge in [0.1, 0.15) is 5.69 Å². The highest BCUT2D eigenvalue weighted by atomic mass is 19.4. The fourth-order valence-electron chi connectivity index (χ4n) is 2.16. The van der Waals surface area contributed by atoms with E-state index >= 15 is 0 Å². The van der Waals surface area contributed by atoms with Crippen LogP contribution < -0.4 is 14.8 Å². The van der Waals surface area contributed by atoms with Crippen LogP contribution in [0, 0.1) is 20.2 Å². The molecule has 1 N–H and O–H groups in total. The fraction of sp³-hybridized carbons (Fsp3) is 0.0714. The Morgan fingerprint density at radius 1 is 0.926 bits per heavy atom. The van der Waals surface area contributed by atoms with Crippen LogP contribution in [-0.4, -0.2) is 21.9 Å². The summed E-state index contributed by atoms with van der Waals surface area (Å²) in [6, 6.07) is 4.85. The molecule has 0 bridgehead atoms. The lowest BCUT2D eigenvalue weighted by molar-refractivity contribution is -0.385. The minimum absolute atomic E-state index is 0.00877. The molecule has 0 radical (unpaired) electrons. The second-order valence-corrected chi connectivity index (χ2v) is 5.12. The van der Waals surface area contributed by atoms with Crippen molar-refractivity contribution in [2.24, 2.45) is 0 Å². The first-order valence-electron chi connectivity index (χ1n) is 6.91. The number of hydrogen-bond donors (Lipinski definition) is 1. The van der Waals surface area contributed by atoms with Gasteiger partial charge in [0, 0.05) is 12.1 Å². The number of ether oxygens (including phenoxy) is 2. The number of carbonyl (C=O) groups is 1. The first-order valence-corrected chi connectivity index (χ1v) is 6.91. The highest BCUT2D eigenvalue weighted by Crippen LogP contribution is 2.49. The van der Waals surface area contributed by atoms with E-state index in [0.29, 0.717) is 0 Å². The lowest BCUT2D eigenvalue weighted by Gasteiger charge is -2.21. The molecule has 1 aliphatic rings. The number of nitro groups is 2. The Bertz CT molecular complexity index is 991. The van der Waals surface area contributed by atoms with E-state index in [1.807, 2.05) is 0 Å². The van der Waals surface area contributed by atoms with Gasteiger partial charge in [0.15, 0.2) is 23.0 Å². The predicted octanol–water partition coefficient (Wildman–Crippen LogP) is 3.90. The second kappa shape index (κ2) is 6.12. The van der Waals surface area contributed by atoms with Crippen molar-refractivity contribution in [2.75, 3.05) is 5.32 Å². The van der Waals surface area contributed by atoms with E-state index in [1.165, 1.54) is 11.4 Å². The SMILES string of the molecule is O=C(Nc1cc2c(cc1[N+](=O)[O-])Oc1ccc([N+](=O)[O-])cc1O2)C(F)(F)F. The van der Waals surface area contributed by atoms with Gasteiger partial charge in [0.2, 0.25) is 0 Å². The molecule has 0 atom stereocenters. The molecule has 10 nitrogen and oxygen atoms in total. The Labute approximate surface area is 146 Å². The number of nitrogens with one attached hydrogen (secondary N) is 1. The van der Waals surface area contributed by atoms with Gasteiger partial charge in [0.25, 0.3) is 11.4 Å². The molecule has 2 aromatic carbocycles. The summed E-state index contributed by atoms with van der Waals surface area (Å²) < 4.78 is 47.9. The zero-order valence-electron chi connectivity index (χ0n) is 12.8. The van der Waals surface area contributed by atoms with Crippen LogP contribution in [0.2, 0.25) is 0 Å². The summed E-state index contributed by atoms with van der Waals surface area (Å²) >= 11 is 0. The van der Waals surface area contributed by atoms with E-state index in [2.05, 4.69) is 0 Å². The molecule has 2 aromatic rings. The van der Waals surface area contributed by atoms with Gasteiger partial charge in [-0.1, -0.05) is 0 Å². The summed E-state index contributed by atoms with van der Waals surface area (Å²) in [5.41, 5.74) is -1.98. The van der Waals surface area contributed by atoms with E-state index in [0.717, 1.165) is 24.3 Å². The summed E-state index contributed by atoms with van der Waals surface area (Å²) in [5, 5.41) is 23.3. The number of nitrogens with zero attached hydrogens (tertiary/aromatic N) is 2. The highest BCUT2D eigenvalue weighted by molar-refractivity contribution is 5.97. The van der Waals surface area contributed by atoms with Gasteiger partial charge in [-0.15, -0.1) is 0 Å². The maximum absolute atomic E-state index is 12.4. The quantitative estimate of drug-likeness (QED) is 0.534. The molecule has 27 heavy (non-hydrogen) atoms. The normalized spacial score (nSPS) is 12.1. The van der Waals surface area contributed by atoms with Gasteiger partial charge in [-0.3, -0.25) is 25.0 Å². The lowest BCUT2D eigenvalue weighted by atomic mass is 10.2. The van der Waals surface area contributed by atoms with Gasteiger partial charge < -0.3 is 14.8 Å². The molecule has 0 fully saturated rings. The van der Waals surface area contributed by atoms with Gasteiger partial charge in [-0.25, -0.2) is 0 Å². The number of carbonyl (C=O) groups excluding carboxylic acids is 1. The van der Waals surface area contributed by atoms with Crippen LogP contribution in [0.1, 0.15) is 0 Å². The van der Waals surface area contributed by atoms with Crippen molar-refractivity contribution in [3.8, 4) is 23.0 Å². The summed E-state index contributed by atoms with van der Waals surface area (Å²) in [5.74, 6) is -3.02. The molecule has 1 amide bonds. The number of fused-ring (bicyclic) bond motifs is 2. The highest BCUT2D eigenvalue weighted by Gasteiger charge is 2.40. The van der Waals surface area contributed by atoms with Crippen LogP contribution in [0.4, 0.5) is 30.2 Å². The lowest BCUT2D eigenvalue weighted by Crippen LogP contribution is -2.30. The molecule has 0 aliphatic carbocycles. The Kier molecular flexibility index (Phi) is 4.06. The summed E-state index contributed by atoms with van der Waals surface area (Å²) in [6.45, 7) is 0. The van der Waals surface area contributed by atoms with Crippen LogP contribution in [0.5, 0.6) is 23.0 Å². The van der Waals surface area contributed by atoms with Crippen LogP contribution in [0.3, 0.4) is 0 Å². The maximum Gasteiger partial charge on any atom is 0.471 e. The molecule has 13 heteroatoms. The summed E-state index contributed by atoms with van der Waals surface area (Å²) in [6.07, 6.45) is -5.27. The van der Waals surface area contributed by atoms with Gasteiger partial charge in [-0.2, -0.15) is 13.2 Å². The van der Waals surface area contributed by atoms with E-state index in [-0.39, 0.29) is 28.7 Å². The standard InChI is InChI=1S/C14H6F3N3O7/c15-14(16,17)13(21)18-7-4-11-12(5-8(7)20(24)25)26-9-2-1-6(19(22)23)3-10(9)27-11/h1-5H,(H,18,21). The monoisotopic (exact) mass is 385 g/mol. The van der Waals surface area contributed by atoms with Gasteiger partial charge >= 0.3 is 12.1 Å². The molecule has 3 rings (SSSR count). The van der Waals surface area contributed by atoms with Crippen molar-refractivity contribution in [3.63, 3.8) is 0 Å². The zero-order valence-corrected chi connectivity index (χ0v) is 12.8. The smallest absolute Gasteiger partial charge is 0.449 e. The third kappa shape index (κ3) is 3.42. The van der Waals surface area contributed by atoms with Crippen molar-refractivity contribution in [1.82, 2.24) is 0 Å². The van der Waals surface area contributed by atoms with E-state index in [4.69, 9.17) is 9.47 Å². The molecule has 1 aliphatic heterocycles. The first-order chi connectivity index (χ1) is 12.6. The molecule has 140 valence electrons. The number of rotatable bonds is 3.